The van der Waals surface area contributed by atoms with Gasteiger partial charge in [-0.3, -0.25) is 0 Å². The Kier molecular flexibility index (Phi) is 6.21. The fourth-order valence-corrected chi connectivity index (χ4v) is 2.39. The molecule has 0 aromatic heterocycles. The van der Waals surface area contributed by atoms with Crippen LogP contribution in [0.3, 0.4) is 0 Å². The van der Waals surface area contributed by atoms with E-state index in [0.29, 0.717) is 0 Å². The lowest BCUT2D eigenvalue weighted by Crippen LogP contribution is -2.36. The molecule has 1 aromatic rings. The lowest BCUT2D eigenvalue weighted by atomic mass is 10.0. The monoisotopic (exact) mass is 327 g/mol. The molecule has 0 unspecified atom stereocenters. The Bertz CT molecular complexity index is 426. The lowest BCUT2D eigenvalue weighted by Gasteiger charge is -2.19. The Hall–Kier alpha value is -0.670. The molecule has 19 heavy (non-hydrogen) atoms. The van der Waals surface area contributed by atoms with Crippen molar-refractivity contribution in [2.24, 2.45) is 0 Å². The molecular formula is C16H23BrFN. The van der Waals surface area contributed by atoms with Gasteiger partial charge in [0.2, 0.25) is 0 Å². The van der Waals surface area contributed by atoms with E-state index in [9.17, 15) is 4.39 Å². The van der Waals surface area contributed by atoms with E-state index in [0.717, 1.165) is 29.4 Å². The Morgan fingerprint density at radius 3 is 2.58 bits per heavy atom. The van der Waals surface area contributed by atoms with Crippen LogP contribution < -0.4 is 5.32 Å². The Labute approximate surface area is 124 Å². The van der Waals surface area contributed by atoms with Crippen molar-refractivity contribution >= 4 is 15.9 Å². The molecule has 1 rings (SSSR count). The van der Waals surface area contributed by atoms with Crippen LogP contribution in [0, 0.1) is 5.82 Å². The number of rotatable bonds is 5. The van der Waals surface area contributed by atoms with E-state index < -0.39 is 0 Å². The third kappa shape index (κ3) is 7.48. The average Bonchev–Trinajstić information content (AvgIpc) is 2.21. The van der Waals surface area contributed by atoms with Gasteiger partial charge in [0.25, 0.3) is 0 Å². The molecule has 0 heterocycles. The zero-order valence-corrected chi connectivity index (χ0v) is 13.8. The standard InChI is InChI=1S/C16H23BrFN/c1-12(6-5-7-19-16(2,3)4)8-13-9-14(17)11-15(18)10-13/h6,9-11,19H,5,7-8H2,1-4H3. The van der Waals surface area contributed by atoms with Crippen molar-refractivity contribution in [2.45, 2.75) is 46.1 Å². The summed E-state index contributed by atoms with van der Waals surface area (Å²) in [5, 5.41) is 3.45. The van der Waals surface area contributed by atoms with Crippen LogP contribution in [-0.2, 0) is 6.42 Å². The molecule has 3 heteroatoms. The first-order chi connectivity index (χ1) is 8.76. The van der Waals surface area contributed by atoms with E-state index in [1.807, 2.05) is 6.07 Å². The van der Waals surface area contributed by atoms with Gasteiger partial charge < -0.3 is 5.32 Å². The molecule has 1 aromatic carbocycles. The van der Waals surface area contributed by atoms with Crippen molar-refractivity contribution in [3.05, 3.63) is 45.7 Å². The number of benzene rings is 1. The molecule has 0 aliphatic heterocycles. The SMILES string of the molecule is CC(=CCCNC(C)(C)C)Cc1cc(F)cc(Br)c1. The first kappa shape index (κ1) is 16.4. The highest BCUT2D eigenvalue weighted by molar-refractivity contribution is 9.10. The van der Waals surface area contributed by atoms with Crippen molar-refractivity contribution < 1.29 is 4.39 Å². The smallest absolute Gasteiger partial charge is 0.124 e. The van der Waals surface area contributed by atoms with Crippen LogP contribution in [0.5, 0.6) is 0 Å². The molecule has 0 radical (unpaired) electrons. The second kappa shape index (κ2) is 7.20. The molecule has 106 valence electrons. The summed E-state index contributed by atoms with van der Waals surface area (Å²) in [6, 6.07) is 5.04. The molecular weight excluding hydrogens is 305 g/mol. The van der Waals surface area contributed by atoms with Crippen LogP contribution in [-0.4, -0.2) is 12.1 Å². The maximum Gasteiger partial charge on any atom is 0.124 e. The fraction of sp³-hybridized carbons (Fsp3) is 0.500. The lowest BCUT2D eigenvalue weighted by molar-refractivity contribution is 0.431. The van der Waals surface area contributed by atoms with E-state index >= 15 is 0 Å². The van der Waals surface area contributed by atoms with Gasteiger partial charge in [0.1, 0.15) is 5.82 Å². The third-order valence-electron chi connectivity index (χ3n) is 2.70. The second-order valence-electron chi connectivity index (χ2n) is 5.97. The molecule has 0 amide bonds. The van der Waals surface area contributed by atoms with Gasteiger partial charge in [-0.05, 0) is 70.8 Å². The number of nitrogens with one attached hydrogen (secondary N) is 1. The summed E-state index contributed by atoms with van der Waals surface area (Å²) in [7, 11) is 0. The van der Waals surface area contributed by atoms with Crippen molar-refractivity contribution in [2.75, 3.05) is 6.54 Å². The first-order valence-corrected chi connectivity index (χ1v) is 7.41. The molecule has 1 nitrogen and oxygen atoms in total. The van der Waals surface area contributed by atoms with E-state index in [2.05, 4.69) is 55.0 Å². The molecule has 0 atom stereocenters. The van der Waals surface area contributed by atoms with Crippen molar-refractivity contribution in [1.29, 1.82) is 0 Å². The number of halogens is 2. The van der Waals surface area contributed by atoms with Crippen molar-refractivity contribution in [3.63, 3.8) is 0 Å². The second-order valence-corrected chi connectivity index (χ2v) is 6.89. The molecule has 0 spiro atoms. The maximum absolute atomic E-state index is 13.3. The molecule has 1 N–H and O–H groups in total. The summed E-state index contributed by atoms with van der Waals surface area (Å²) < 4.78 is 14.1. The van der Waals surface area contributed by atoms with Gasteiger partial charge in [-0.2, -0.15) is 0 Å². The van der Waals surface area contributed by atoms with Gasteiger partial charge in [-0.15, -0.1) is 0 Å². The molecule has 0 aliphatic rings. The van der Waals surface area contributed by atoms with Gasteiger partial charge in [0, 0.05) is 10.0 Å². The predicted octanol–water partition coefficient (Wildman–Crippen LogP) is 4.86. The van der Waals surface area contributed by atoms with E-state index in [4.69, 9.17) is 0 Å². The van der Waals surface area contributed by atoms with Gasteiger partial charge in [-0.1, -0.05) is 27.6 Å². The zero-order valence-electron chi connectivity index (χ0n) is 12.2. The number of allylic oxidation sites excluding steroid dienone is 1. The normalized spacial score (nSPS) is 12.8. The highest BCUT2D eigenvalue weighted by Crippen LogP contribution is 2.17. The summed E-state index contributed by atoms with van der Waals surface area (Å²) in [5.74, 6) is -0.188. The van der Waals surface area contributed by atoms with Crippen LogP contribution >= 0.6 is 15.9 Å². The quantitative estimate of drug-likeness (QED) is 0.601. The first-order valence-electron chi connectivity index (χ1n) is 6.62. The minimum Gasteiger partial charge on any atom is -0.312 e. The van der Waals surface area contributed by atoms with Crippen LogP contribution in [0.4, 0.5) is 4.39 Å². The summed E-state index contributed by atoms with van der Waals surface area (Å²) in [4.78, 5) is 0. The van der Waals surface area contributed by atoms with Crippen LogP contribution in [0.15, 0.2) is 34.3 Å². The van der Waals surface area contributed by atoms with Gasteiger partial charge >= 0.3 is 0 Å². The highest BCUT2D eigenvalue weighted by Gasteiger charge is 2.06. The van der Waals surface area contributed by atoms with E-state index in [-0.39, 0.29) is 11.4 Å². The summed E-state index contributed by atoms with van der Waals surface area (Å²) in [5.41, 5.74) is 2.44. The number of hydrogen-bond donors (Lipinski definition) is 1. The van der Waals surface area contributed by atoms with Gasteiger partial charge in [-0.25, -0.2) is 4.39 Å². The van der Waals surface area contributed by atoms with E-state index in [1.165, 1.54) is 11.6 Å². The van der Waals surface area contributed by atoms with Gasteiger partial charge in [0.05, 0.1) is 0 Å². The maximum atomic E-state index is 13.3. The van der Waals surface area contributed by atoms with Crippen LogP contribution in [0.25, 0.3) is 0 Å². The third-order valence-corrected chi connectivity index (χ3v) is 3.16. The minimum absolute atomic E-state index is 0.162. The summed E-state index contributed by atoms with van der Waals surface area (Å²) in [6.07, 6.45) is 4.02. The Morgan fingerprint density at radius 1 is 1.32 bits per heavy atom. The predicted molar refractivity (Wildman–Crippen MR) is 83.9 cm³/mol. The minimum atomic E-state index is -0.188. The summed E-state index contributed by atoms with van der Waals surface area (Å²) in [6.45, 7) is 9.54. The van der Waals surface area contributed by atoms with Gasteiger partial charge in [0.15, 0.2) is 0 Å². The fourth-order valence-electron chi connectivity index (χ4n) is 1.87. The largest absolute Gasteiger partial charge is 0.312 e. The summed E-state index contributed by atoms with van der Waals surface area (Å²) >= 11 is 3.32. The molecule has 0 saturated carbocycles. The molecule has 0 fully saturated rings. The van der Waals surface area contributed by atoms with Crippen LogP contribution in [0.2, 0.25) is 0 Å². The van der Waals surface area contributed by atoms with Crippen molar-refractivity contribution in [1.82, 2.24) is 5.32 Å². The van der Waals surface area contributed by atoms with Crippen LogP contribution in [0.1, 0.15) is 39.7 Å². The molecule has 0 aliphatic carbocycles. The average molecular weight is 328 g/mol. The van der Waals surface area contributed by atoms with Crippen molar-refractivity contribution in [3.8, 4) is 0 Å². The Balaban J connectivity index is 2.47. The topological polar surface area (TPSA) is 12.0 Å². The molecule has 0 saturated heterocycles. The number of hydrogen-bond acceptors (Lipinski definition) is 1. The van der Waals surface area contributed by atoms with E-state index in [1.54, 1.807) is 6.07 Å². The highest BCUT2D eigenvalue weighted by atomic mass is 79.9. The Morgan fingerprint density at radius 2 is 2.00 bits per heavy atom. The molecule has 0 bridgehead atoms. The zero-order chi connectivity index (χ0) is 14.5.